The van der Waals surface area contributed by atoms with Crippen molar-refractivity contribution in [3.05, 3.63) is 51.4 Å². The summed E-state index contributed by atoms with van der Waals surface area (Å²) in [6.07, 6.45) is 0. The molecule has 0 amide bonds. The maximum atomic E-state index is 13.3. The van der Waals surface area contributed by atoms with E-state index in [-0.39, 0.29) is 29.8 Å². The quantitative estimate of drug-likeness (QED) is 0.361. The van der Waals surface area contributed by atoms with Crippen LogP contribution < -0.4 is 10.6 Å². The molecule has 1 heterocycles. The smallest absolute Gasteiger partial charge is 0.214 e. The van der Waals surface area contributed by atoms with Crippen molar-refractivity contribution in [1.82, 2.24) is 15.6 Å². The average Bonchev–Trinajstić information content (AvgIpc) is 2.84. The maximum Gasteiger partial charge on any atom is 0.214 e. The summed E-state index contributed by atoms with van der Waals surface area (Å²) in [7, 11) is 0. The molecule has 0 bridgehead atoms. The number of oxazole rings is 1. The Hall–Kier alpha value is -1.16. The number of benzene rings is 1. The van der Waals surface area contributed by atoms with Crippen LogP contribution in [0.5, 0.6) is 0 Å². The third-order valence-corrected chi connectivity index (χ3v) is 4.01. The monoisotopic (exact) mass is 510 g/mol. The number of nitrogens with zero attached hydrogens (tertiary/aromatic N) is 2. The summed E-state index contributed by atoms with van der Waals surface area (Å²) in [6, 6.07) is 4.56. The summed E-state index contributed by atoms with van der Waals surface area (Å²) >= 11 is 3.40. The summed E-state index contributed by atoms with van der Waals surface area (Å²) in [4.78, 5) is 8.78. The second-order valence-electron chi connectivity index (χ2n) is 5.03. The van der Waals surface area contributed by atoms with Crippen LogP contribution in [0.3, 0.4) is 0 Å². The maximum absolute atomic E-state index is 13.3. The molecular formula is C16H21BrFIN4O. The summed E-state index contributed by atoms with van der Waals surface area (Å²) in [5, 5.41) is 6.29. The number of guanidine groups is 1. The Balaban J connectivity index is 0.00000288. The van der Waals surface area contributed by atoms with Gasteiger partial charge in [0.15, 0.2) is 5.96 Å². The van der Waals surface area contributed by atoms with Crippen LogP contribution in [0.25, 0.3) is 0 Å². The van der Waals surface area contributed by atoms with Gasteiger partial charge in [-0.25, -0.2) is 14.4 Å². The molecule has 0 fully saturated rings. The fourth-order valence-corrected chi connectivity index (χ4v) is 2.32. The molecule has 1 aromatic carbocycles. The Morgan fingerprint density at radius 3 is 2.71 bits per heavy atom. The van der Waals surface area contributed by atoms with Crippen LogP contribution in [0.2, 0.25) is 0 Å². The zero-order valence-electron chi connectivity index (χ0n) is 13.8. The first-order valence-electron chi connectivity index (χ1n) is 7.38. The van der Waals surface area contributed by atoms with Gasteiger partial charge in [-0.15, -0.1) is 24.0 Å². The lowest BCUT2D eigenvalue weighted by Crippen LogP contribution is -2.36. The molecule has 0 aliphatic carbocycles. The van der Waals surface area contributed by atoms with E-state index < -0.39 is 0 Å². The second kappa shape index (κ2) is 9.97. The van der Waals surface area contributed by atoms with Crippen LogP contribution in [0.1, 0.15) is 29.8 Å². The molecule has 0 atom stereocenters. The van der Waals surface area contributed by atoms with Gasteiger partial charge in [0.25, 0.3) is 0 Å². The average molecular weight is 511 g/mol. The molecule has 0 saturated heterocycles. The lowest BCUT2D eigenvalue weighted by atomic mass is 10.2. The van der Waals surface area contributed by atoms with E-state index >= 15 is 0 Å². The largest absolute Gasteiger partial charge is 0.444 e. The van der Waals surface area contributed by atoms with Crippen molar-refractivity contribution in [2.75, 3.05) is 6.54 Å². The highest BCUT2D eigenvalue weighted by molar-refractivity contribution is 14.0. The number of halogens is 3. The fraction of sp³-hybridized carbons (Fsp3) is 0.375. The van der Waals surface area contributed by atoms with E-state index in [2.05, 4.69) is 36.5 Å². The normalized spacial score (nSPS) is 11.1. The van der Waals surface area contributed by atoms with Crippen molar-refractivity contribution < 1.29 is 8.81 Å². The fourth-order valence-electron chi connectivity index (χ4n) is 1.94. The minimum absolute atomic E-state index is 0. The Morgan fingerprint density at radius 2 is 2.08 bits per heavy atom. The molecule has 2 aromatic rings. The van der Waals surface area contributed by atoms with Gasteiger partial charge in [0.1, 0.15) is 11.6 Å². The van der Waals surface area contributed by atoms with Gasteiger partial charge in [0, 0.05) is 11.0 Å². The molecule has 0 aliphatic heterocycles. The van der Waals surface area contributed by atoms with Crippen molar-refractivity contribution in [2.45, 2.75) is 33.9 Å². The Kier molecular flexibility index (Phi) is 8.68. The molecule has 132 valence electrons. The molecule has 8 heteroatoms. The molecule has 24 heavy (non-hydrogen) atoms. The van der Waals surface area contributed by atoms with Gasteiger partial charge in [-0.3, -0.25) is 0 Å². The molecule has 0 radical (unpaired) electrons. The van der Waals surface area contributed by atoms with Gasteiger partial charge in [-0.2, -0.15) is 0 Å². The number of hydrogen-bond acceptors (Lipinski definition) is 3. The predicted molar refractivity (Wildman–Crippen MR) is 107 cm³/mol. The molecule has 0 aliphatic rings. The highest BCUT2D eigenvalue weighted by atomic mass is 127. The minimum atomic E-state index is -0.276. The highest BCUT2D eigenvalue weighted by Gasteiger charge is 2.07. The molecule has 2 rings (SSSR count). The van der Waals surface area contributed by atoms with Crippen LogP contribution in [-0.2, 0) is 13.1 Å². The Morgan fingerprint density at radius 1 is 1.33 bits per heavy atom. The van der Waals surface area contributed by atoms with Crippen molar-refractivity contribution in [3.8, 4) is 0 Å². The summed E-state index contributed by atoms with van der Waals surface area (Å²) in [5.41, 5.74) is 1.66. The van der Waals surface area contributed by atoms with Crippen LogP contribution in [0.15, 0.2) is 32.1 Å². The molecule has 5 nitrogen and oxygen atoms in total. The van der Waals surface area contributed by atoms with Crippen LogP contribution in [0, 0.1) is 19.7 Å². The SMILES string of the molecule is CCNC(=NCc1cc(F)ccc1Br)NCc1nc(C)c(C)o1.I. The first kappa shape index (κ1) is 20.9. The van der Waals surface area contributed by atoms with Crippen LogP contribution in [-0.4, -0.2) is 17.5 Å². The summed E-state index contributed by atoms with van der Waals surface area (Å²) in [5.74, 6) is 1.77. The molecule has 0 saturated carbocycles. The van der Waals surface area contributed by atoms with Crippen LogP contribution >= 0.6 is 39.9 Å². The Labute approximate surface area is 166 Å². The van der Waals surface area contributed by atoms with E-state index in [1.807, 2.05) is 20.8 Å². The molecule has 0 unspecified atom stereocenters. The molecule has 0 spiro atoms. The van der Waals surface area contributed by atoms with Gasteiger partial charge >= 0.3 is 0 Å². The zero-order valence-corrected chi connectivity index (χ0v) is 17.7. The molecule has 1 aromatic heterocycles. The first-order valence-corrected chi connectivity index (χ1v) is 8.18. The van der Waals surface area contributed by atoms with E-state index in [1.165, 1.54) is 12.1 Å². The van der Waals surface area contributed by atoms with E-state index in [4.69, 9.17) is 4.42 Å². The predicted octanol–water partition coefficient (Wildman–Crippen LogP) is 4.07. The van der Waals surface area contributed by atoms with Gasteiger partial charge in [0.05, 0.1) is 18.8 Å². The topological polar surface area (TPSA) is 62.5 Å². The molecular weight excluding hydrogens is 490 g/mol. The van der Waals surface area contributed by atoms with Crippen molar-refractivity contribution in [3.63, 3.8) is 0 Å². The van der Waals surface area contributed by atoms with E-state index in [1.54, 1.807) is 6.07 Å². The number of hydrogen-bond donors (Lipinski definition) is 2. The zero-order chi connectivity index (χ0) is 16.8. The van der Waals surface area contributed by atoms with Crippen LogP contribution in [0.4, 0.5) is 4.39 Å². The van der Waals surface area contributed by atoms with Gasteiger partial charge in [-0.05, 0) is 44.5 Å². The number of nitrogens with one attached hydrogen (secondary N) is 2. The lowest BCUT2D eigenvalue weighted by Gasteiger charge is -2.10. The third-order valence-electron chi connectivity index (χ3n) is 3.24. The van der Waals surface area contributed by atoms with E-state index in [0.717, 1.165) is 28.0 Å². The standard InChI is InChI=1S/C16H20BrFN4O.HI/c1-4-19-16(21-9-15-22-10(2)11(3)23-15)20-8-12-7-13(18)5-6-14(12)17;/h5-7H,4,8-9H2,1-3H3,(H2,19,20,21);1H. The lowest BCUT2D eigenvalue weighted by molar-refractivity contribution is 0.463. The minimum Gasteiger partial charge on any atom is -0.444 e. The van der Waals surface area contributed by atoms with Crippen molar-refractivity contribution in [1.29, 1.82) is 0 Å². The van der Waals surface area contributed by atoms with Gasteiger partial charge < -0.3 is 15.1 Å². The number of aryl methyl sites for hydroxylation is 2. The van der Waals surface area contributed by atoms with Crippen molar-refractivity contribution in [2.24, 2.45) is 4.99 Å². The second-order valence-corrected chi connectivity index (χ2v) is 5.89. The van der Waals surface area contributed by atoms with E-state index in [9.17, 15) is 4.39 Å². The summed E-state index contributed by atoms with van der Waals surface area (Å²) in [6.45, 7) is 7.28. The van der Waals surface area contributed by atoms with Crippen molar-refractivity contribution >= 4 is 45.9 Å². The van der Waals surface area contributed by atoms with Gasteiger partial charge in [-0.1, -0.05) is 15.9 Å². The highest BCUT2D eigenvalue weighted by Crippen LogP contribution is 2.18. The van der Waals surface area contributed by atoms with Gasteiger partial charge in [0.2, 0.25) is 5.89 Å². The number of aromatic nitrogens is 1. The molecule has 2 N–H and O–H groups in total. The summed E-state index contributed by atoms with van der Waals surface area (Å²) < 4.78 is 19.7. The Bertz CT molecular complexity index is 686. The van der Waals surface area contributed by atoms with E-state index in [0.29, 0.717) is 24.9 Å². The third kappa shape index (κ3) is 6.04. The first-order chi connectivity index (χ1) is 11.0. The number of aliphatic imine (C=N–C) groups is 1. The number of rotatable bonds is 5.